The molecule has 6 nitrogen and oxygen atoms in total. The summed E-state index contributed by atoms with van der Waals surface area (Å²) >= 11 is 0. The first-order valence-electron chi connectivity index (χ1n) is 9.88. The maximum Gasteiger partial charge on any atom is 0.0925 e. The number of piperidine rings is 1. The minimum absolute atomic E-state index is 0.102. The molecular weight excluding hydrogens is 324 g/mol. The van der Waals surface area contributed by atoms with E-state index in [1.807, 2.05) is 6.33 Å². The van der Waals surface area contributed by atoms with Crippen LogP contribution in [0, 0.1) is 12.8 Å². The molecule has 0 aliphatic carbocycles. The summed E-state index contributed by atoms with van der Waals surface area (Å²) in [5.41, 5.74) is 4.90. The van der Waals surface area contributed by atoms with Gasteiger partial charge in [-0.15, -0.1) is 0 Å². The molecular formula is C20H32N6. The van der Waals surface area contributed by atoms with Crippen molar-refractivity contribution < 1.29 is 0 Å². The third-order valence-corrected chi connectivity index (χ3v) is 5.98. The van der Waals surface area contributed by atoms with Crippen molar-refractivity contribution >= 4 is 0 Å². The highest BCUT2D eigenvalue weighted by Crippen LogP contribution is 2.30. The first-order valence-corrected chi connectivity index (χ1v) is 9.88. The van der Waals surface area contributed by atoms with E-state index in [2.05, 4.69) is 63.7 Å². The molecule has 3 aliphatic rings. The summed E-state index contributed by atoms with van der Waals surface area (Å²) in [6.45, 7) is 14.3. The summed E-state index contributed by atoms with van der Waals surface area (Å²) in [4.78, 5) is 13.0. The second-order valence-electron chi connectivity index (χ2n) is 9.22. The van der Waals surface area contributed by atoms with Crippen molar-refractivity contribution in [1.82, 2.24) is 30.0 Å². The Balaban J connectivity index is 1.43. The lowest BCUT2D eigenvalue weighted by atomic mass is 9.92. The standard InChI is InChI=1S/C20H32N6/c1-14-18(22-13-21-14)12-25-8-15-5-6-17(11-25)26(9-15)10-16-7-19(24-23-16)20(2,3)4/h7,13,15,17H,5-6,8-12H2,1-4H3,(H,21,22)(H,23,24)/t15-,17+/m1/s1. The maximum absolute atomic E-state index is 4.54. The largest absolute Gasteiger partial charge is 0.348 e. The van der Waals surface area contributed by atoms with Gasteiger partial charge < -0.3 is 4.98 Å². The lowest BCUT2D eigenvalue weighted by Gasteiger charge is -2.35. The predicted octanol–water partition coefficient (Wildman–Crippen LogP) is 2.84. The number of hydrogen-bond acceptors (Lipinski definition) is 4. The van der Waals surface area contributed by atoms with Gasteiger partial charge in [0.1, 0.15) is 0 Å². The normalized spacial score (nSPS) is 24.9. The van der Waals surface area contributed by atoms with Crippen LogP contribution in [-0.2, 0) is 18.5 Å². The smallest absolute Gasteiger partial charge is 0.0925 e. The number of hydrogen-bond donors (Lipinski definition) is 2. The molecule has 0 amide bonds. The summed E-state index contributed by atoms with van der Waals surface area (Å²) in [6, 6.07) is 2.89. The first-order chi connectivity index (χ1) is 12.4. The van der Waals surface area contributed by atoms with Crippen LogP contribution in [0.5, 0.6) is 0 Å². The second-order valence-corrected chi connectivity index (χ2v) is 9.22. The number of H-pyrrole nitrogens is 2. The molecule has 2 aromatic heterocycles. The lowest BCUT2D eigenvalue weighted by molar-refractivity contribution is 0.121. The van der Waals surface area contributed by atoms with Gasteiger partial charge in [0.15, 0.2) is 0 Å². The number of aryl methyl sites for hydroxylation is 1. The first kappa shape index (κ1) is 17.7. The maximum atomic E-state index is 4.54. The Hall–Kier alpha value is -1.66. The zero-order chi connectivity index (χ0) is 18.3. The zero-order valence-electron chi connectivity index (χ0n) is 16.5. The summed E-state index contributed by atoms with van der Waals surface area (Å²) in [6.07, 6.45) is 4.48. The molecule has 142 valence electrons. The number of nitrogens with zero attached hydrogens (tertiary/aromatic N) is 4. The molecule has 5 heterocycles. The van der Waals surface area contributed by atoms with E-state index in [1.54, 1.807) is 0 Å². The molecule has 3 fully saturated rings. The number of imidazole rings is 1. The molecule has 2 N–H and O–H groups in total. The van der Waals surface area contributed by atoms with E-state index < -0.39 is 0 Å². The van der Waals surface area contributed by atoms with Crippen LogP contribution in [0.25, 0.3) is 0 Å². The van der Waals surface area contributed by atoms with Gasteiger partial charge in [-0.3, -0.25) is 14.9 Å². The Morgan fingerprint density at radius 1 is 1.15 bits per heavy atom. The average molecular weight is 357 g/mol. The van der Waals surface area contributed by atoms with E-state index in [0.717, 1.165) is 31.2 Å². The van der Waals surface area contributed by atoms with Crippen LogP contribution in [0.4, 0.5) is 0 Å². The van der Waals surface area contributed by atoms with Crippen LogP contribution in [0.2, 0.25) is 0 Å². The van der Waals surface area contributed by atoms with Crippen molar-refractivity contribution in [2.75, 3.05) is 19.6 Å². The quantitative estimate of drug-likeness (QED) is 0.884. The molecule has 2 atom stereocenters. The number of aromatic amines is 2. The van der Waals surface area contributed by atoms with Crippen LogP contribution < -0.4 is 0 Å². The average Bonchev–Trinajstić information content (AvgIpc) is 3.10. The highest BCUT2D eigenvalue weighted by molar-refractivity contribution is 5.16. The Bertz CT molecular complexity index is 740. The molecule has 0 radical (unpaired) electrons. The van der Waals surface area contributed by atoms with E-state index in [9.17, 15) is 0 Å². The van der Waals surface area contributed by atoms with Crippen molar-refractivity contribution in [2.45, 2.75) is 65.1 Å². The van der Waals surface area contributed by atoms with Gasteiger partial charge in [0.05, 0.1) is 17.7 Å². The fraction of sp³-hybridized carbons (Fsp3) is 0.700. The third kappa shape index (κ3) is 3.71. The van der Waals surface area contributed by atoms with Crippen LogP contribution in [0.1, 0.15) is 56.4 Å². The minimum atomic E-state index is 0.102. The topological polar surface area (TPSA) is 63.8 Å². The molecule has 5 rings (SSSR count). The number of aromatic nitrogens is 4. The molecule has 0 unspecified atom stereocenters. The Morgan fingerprint density at radius 3 is 2.69 bits per heavy atom. The Morgan fingerprint density at radius 2 is 2.00 bits per heavy atom. The molecule has 26 heavy (non-hydrogen) atoms. The lowest BCUT2D eigenvalue weighted by Crippen LogP contribution is -2.43. The SMILES string of the molecule is Cc1[nH]cnc1CN1C[C@H]2CC[C@@H](C1)N(Cc1cc(C(C)(C)C)n[nH]1)C2. The molecule has 0 saturated carbocycles. The second kappa shape index (κ2) is 6.82. The van der Waals surface area contributed by atoms with Gasteiger partial charge >= 0.3 is 0 Å². The van der Waals surface area contributed by atoms with Crippen LogP contribution in [-0.4, -0.2) is 55.6 Å². The molecule has 6 heteroatoms. The molecule has 3 saturated heterocycles. The predicted molar refractivity (Wildman–Crippen MR) is 103 cm³/mol. The zero-order valence-corrected chi connectivity index (χ0v) is 16.5. The monoisotopic (exact) mass is 356 g/mol. The van der Waals surface area contributed by atoms with Gasteiger partial charge in [-0.25, -0.2) is 4.98 Å². The fourth-order valence-electron chi connectivity index (χ4n) is 4.40. The van der Waals surface area contributed by atoms with Crippen molar-refractivity contribution in [3.63, 3.8) is 0 Å². The molecule has 0 aromatic carbocycles. The van der Waals surface area contributed by atoms with Gasteiger partial charge in [0.2, 0.25) is 0 Å². The van der Waals surface area contributed by atoms with E-state index in [4.69, 9.17) is 0 Å². The van der Waals surface area contributed by atoms with E-state index in [0.29, 0.717) is 6.04 Å². The van der Waals surface area contributed by atoms with Crippen molar-refractivity contribution in [1.29, 1.82) is 0 Å². The summed E-state index contributed by atoms with van der Waals surface area (Å²) in [7, 11) is 0. The molecule has 2 bridgehead atoms. The highest BCUT2D eigenvalue weighted by atomic mass is 15.3. The van der Waals surface area contributed by atoms with E-state index in [1.165, 1.54) is 43.0 Å². The van der Waals surface area contributed by atoms with Crippen LogP contribution in [0.3, 0.4) is 0 Å². The fourth-order valence-corrected chi connectivity index (χ4v) is 4.40. The van der Waals surface area contributed by atoms with Crippen molar-refractivity contribution in [3.8, 4) is 0 Å². The van der Waals surface area contributed by atoms with Gasteiger partial charge in [0.25, 0.3) is 0 Å². The molecule has 3 aliphatic heterocycles. The molecule has 0 spiro atoms. The Labute approximate surface area is 156 Å². The van der Waals surface area contributed by atoms with Crippen molar-refractivity contribution in [2.24, 2.45) is 5.92 Å². The molecule has 2 aromatic rings. The van der Waals surface area contributed by atoms with Gasteiger partial charge in [0, 0.05) is 55.6 Å². The Kier molecular flexibility index (Phi) is 4.65. The van der Waals surface area contributed by atoms with Gasteiger partial charge in [-0.05, 0) is 31.7 Å². The number of nitrogens with one attached hydrogen (secondary N) is 2. The number of rotatable bonds is 4. The van der Waals surface area contributed by atoms with Crippen LogP contribution in [0.15, 0.2) is 12.4 Å². The van der Waals surface area contributed by atoms with E-state index in [-0.39, 0.29) is 5.41 Å². The summed E-state index contributed by atoms with van der Waals surface area (Å²) in [5.74, 6) is 0.762. The minimum Gasteiger partial charge on any atom is -0.348 e. The van der Waals surface area contributed by atoms with Gasteiger partial charge in [-0.2, -0.15) is 5.10 Å². The van der Waals surface area contributed by atoms with Crippen molar-refractivity contribution in [3.05, 3.63) is 35.2 Å². The number of fused-ring (bicyclic) bond motifs is 4. The third-order valence-electron chi connectivity index (χ3n) is 5.98. The highest BCUT2D eigenvalue weighted by Gasteiger charge is 2.35. The van der Waals surface area contributed by atoms with Crippen LogP contribution >= 0.6 is 0 Å². The van der Waals surface area contributed by atoms with Gasteiger partial charge in [-0.1, -0.05) is 20.8 Å². The summed E-state index contributed by atoms with van der Waals surface area (Å²) < 4.78 is 0. The van der Waals surface area contributed by atoms with E-state index >= 15 is 0 Å². The summed E-state index contributed by atoms with van der Waals surface area (Å²) in [5, 5.41) is 7.81.